The summed E-state index contributed by atoms with van der Waals surface area (Å²) in [5, 5.41) is 12.8. The second-order valence-corrected chi connectivity index (χ2v) is 7.63. The van der Waals surface area contributed by atoms with Crippen molar-refractivity contribution in [3.63, 3.8) is 0 Å². The van der Waals surface area contributed by atoms with E-state index >= 15 is 0 Å². The van der Waals surface area contributed by atoms with Crippen molar-refractivity contribution in [1.29, 1.82) is 0 Å². The number of halogens is 2. The van der Waals surface area contributed by atoms with Crippen molar-refractivity contribution < 1.29 is 0 Å². The summed E-state index contributed by atoms with van der Waals surface area (Å²) in [5.41, 5.74) is 2.47. The highest BCUT2D eigenvalue weighted by molar-refractivity contribution is 6.31. The summed E-state index contributed by atoms with van der Waals surface area (Å²) in [6, 6.07) is 10.2. The average molecular weight is 437 g/mol. The van der Waals surface area contributed by atoms with E-state index in [1.807, 2.05) is 18.2 Å². The molecular formula is C21H14Cl2N6O. The second kappa shape index (κ2) is 7.51. The van der Waals surface area contributed by atoms with Crippen molar-refractivity contribution >= 4 is 46.0 Å². The van der Waals surface area contributed by atoms with E-state index in [9.17, 15) is 4.79 Å². The molecular weight excluding hydrogens is 423 g/mol. The minimum absolute atomic E-state index is 0.168. The van der Waals surface area contributed by atoms with E-state index in [0.717, 1.165) is 16.6 Å². The predicted molar refractivity (Wildman–Crippen MR) is 118 cm³/mol. The number of hydrogen-bond donors (Lipinski definition) is 0. The van der Waals surface area contributed by atoms with Crippen LogP contribution in [0.25, 0.3) is 16.6 Å². The fourth-order valence-corrected chi connectivity index (χ4v) is 3.84. The van der Waals surface area contributed by atoms with Crippen LogP contribution in [0, 0.1) is 0 Å². The molecule has 0 saturated heterocycles. The van der Waals surface area contributed by atoms with Gasteiger partial charge >= 0.3 is 0 Å². The molecule has 148 valence electrons. The van der Waals surface area contributed by atoms with Crippen LogP contribution in [-0.4, -0.2) is 26.0 Å². The maximum atomic E-state index is 12.7. The first-order valence-electron chi connectivity index (χ1n) is 9.17. The third kappa shape index (κ3) is 3.32. The quantitative estimate of drug-likeness (QED) is 0.474. The topological polar surface area (TPSA) is 76.3 Å². The number of nitrogens with zero attached hydrogens (tertiary/aromatic N) is 6. The molecule has 3 aromatic heterocycles. The zero-order valence-corrected chi connectivity index (χ0v) is 17.0. The van der Waals surface area contributed by atoms with Gasteiger partial charge in [-0.3, -0.25) is 19.8 Å². The van der Waals surface area contributed by atoms with E-state index in [0.29, 0.717) is 27.8 Å². The summed E-state index contributed by atoms with van der Waals surface area (Å²) in [4.78, 5) is 21.2. The van der Waals surface area contributed by atoms with Gasteiger partial charge in [0, 0.05) is 47.7 Å². The molecule has 1 aromatic carbocycles. The lowest BCUT2D eigenvalue weighted by Crippen LogP contribution is -2.27. The van der Waals surface area contributed by atoms with Crippen molar-refractivity contribution in [3.8, 4) is 5.69 Å². The Morgan fingerprint density at radius 2 is 1.93 bits per heavy atom. The Balaban J connectivity index is 1.61. The van der Waals surface area contributed by atoms with E-state index < -0.39 is 0 Å². The number of pyridine rings is 2. The van der Waals surface area contributed by atoms with Gasteiger partial charge in [0.05, 0.1) is 28.1 Å². The molecule has 4 aromatic rings. The van der Waals surface area contributed by atoms with Gasteiger partial charge < -0.3 is 0 Å². The van der Waals surface area contributed by atoms with Gasteiger partial charge in [0.25, 0.3) is 0 Å². The fourth-order valence-electron chi connectivity index (χ4n) is 3.50. The average Bonchev–Trinajstić information content (AvgIpc) is 3.23. The van der Waals surface area contributed by atoms with Crippen LogP contribution in [0.1, 0.15) is 18.2 Å². The molecule has 1 aliphatic rings. The molecule has 0 fully saturated rings. The molecule has 9 heteroatoms. The molecule has 4 heterocycles. The van der Waals surface area contributed by atoms with Gasteiger partial charge in [-0.1, -0.05) is 23.2 Å². The molecule has 30 heavy (non-hydrogen) atoms. The van der Waals surface area contributed by atoms with Gasteiger partial charge in [0.15, 0.2) is 0 Å². The van der Waals surface area contributed by atoms with Crippen LogP contribution in [0.4, 0.5) is 5.69 Å². The van der Waals surface area contributed by atoms with Crippen molar-refractivity contribution in [1.82, 2.24) is 19.7 Å². The van der Waals surface area contributed by atoms with Crippen LogP contribution >= 0.6 is 23.2 Å². The van der Waals surface area contributed by atoms with Crippen LogP contribution in [-0.2, 0) is 0 Å². The third-order valence-electron chi connectivity index (χ3n) is 4.86. The molecule has 7 nitrogen and oxygen atoms in total. The Bertz CT molecular complexity index is 1350. The monoisotopic (exact) mass is 436 g/mol. The summed E-state index contributed by atoms with van der Waals surface area (Å²) in [5.74, 6) is 0. The zero-order valence-electron chi connectivity index (χ0n) is 15.5. The van der Waals surface area contributed by atoms with Crippen LogP contribution in [0.5, 0.6) is 0 Å². The largest absolute Gasteiger partial charge is 0.288 e. The Labute approximate surface area is 181 Å². The van der Waals surface area contributed by atoms with Gasteiger partial charge in [0.2, 0.25) is 5.43 Å². The Kier molecular flexibility index (Phi) is 4.69. The minimum Gasteiger partial charge on any atom is -0.288 e. The standard InChI is InChI=1S/C21H14Cl2N6O/c22-13-1-2-17-16(10-13)18(3-6-25-17)29-19(4-7-26-29)21-20(30)5-8-28(27-21)15-9-14(23)11-24-12-15/h1-3,5-12,19H,4H2. The first kappa shape index (κ1) is 18.7. The normalized spacial score (nSPS) is 15.8. The van der Waals surface area contributed by atoms with Gasteiger partial charge in [-0.2, -0.15) is 10.2 Å². The number of benzene rings is 1. The van der Waals surface area contributed by atoms with E-state index in [-0.39, 0.29) is 11.5 Å². The van der Waals surface area contributed by atoms with Gasteiger partial charge in [0.1, 0.15) is 11.7 Å². The lowest BCUT2D eigenvalue weighted by Gasteiger charge is -2.24. The zero-order chi connectivity index (χ0) is 20.7. The fraction of sp³-hybridized carbons (Fsp3) is 0.0952. The smallest absolute Gasteiger partial charge is 0.205 e. The van der Waals surface area contributed by atoms with Crippen LogP contribution in [0.2, 0.25) is 10.0 Å². The highest BCUT2D eigenvalue weighted by atomic mass is 35.5. The number of hydrazone groups is 1. The van der Waals surface area contributed by atoms with E-state index in [2.05, 4.69) is 20.2 Å². The highest BCUT2D eigenvalue weighted by Gasteiger charge is 2.29. The van der Waals surface area contributed by atoms with E-state index in [4.69, 9.17) is 23.2 Å². The molecule has 0 aliphatic carbocycles. The van der Waals surface area contributed by atoms with Crippen molar-refractivity contribution in [2.45, 2.75) is 12.5 Å². The van der Waals surface area contributed by atoms with Crippen molar-refractivity contribution in [3.05, 3.63) is 87.1 Å². The van der Waals surface area contributed by atoms with E-state index in [1.165, 1.54) is 6.07 Å². The van der Waals surface area contributed by atoms with E-state index in [1.54, 1.807) is 52.8 Å². The van der Waals surface area contributed by atoms with Crippen LogP contribution < -0.4 is 10.4 Å². The lowest BCUT2D eigenvalue weighted by atomic mass is 10.1. The Hall–Kier alpha value is -3.29. The summed E-state index contributed by atoms with van der Waals surface area (Å²) >= 11 is 12.3. The molecule has 0 bridgehead atoms. The molecule has 1 atom stereocenters. The number of rotatable bonds is 3. The first-order chi connectivity index (χ1) is 14.6. The Morgan fingerprint density at radius 3 is 2.80 bits per heavy atom. The predicted octanol–water partition coefficient (Wildman–Crippen LogP) is 4.42. The highest BCUT2D eigenvalue weighted by Crippen LogP contribution is 2.36. The number of aromatic nitrogens is 4. The van der Waals surface area contributed by atoms with Crippen LogP contribution in [0.15, 0.2) is 71.1 Å². The molecule has 0 N–H and O–H groups in total. The summed E-state index contributed by atoms with van der Waals surface area (Å²) in [6.07, 6.45) is 8.81. The van der Waals surface area contributed by atoms with Gasteiger partial charge in [-0.15, -0.1) is 0 Å². The molecule has 5 rings (SSSR count). The van der Waals surface area contributed by atoms with Gasteiger partial charge in [-0.25, -0.2) is 4.68 Å². The van der Waals surface area contributed by atoms with Crippen LogP contribution in [0.3, 0.4) is 0 Å². The Morgan fingerprint density at radius 1 is 1.03 bits per heavy atom. The van der Waals surface area contributed by atoms with Crippen molar-refractivity contribution in [2.75, 3.05) is 5.01 Å². The molecule has 1 unspecified atom stereocenters. The molecule has 1 aliphatic heterocycles. The van der Waals surface area contributed by atoms with Gasteiger partial charge in [-0.05, 0) is 30.3 Å². The minimum atomic E-state index is -0.360. The molecule has 0 spiro atoms. The second-order valence-electron chi connectivity index (χ2n) is 6.76. The lowest BCUT2D eigenvalue weighted by molar-refractivity contribution is 0.645. The SMILES string of the molecule is O=c1ccn(-c2cncc(Cl)c2)nc1C1CC=NN1c1ccnc2ccc(Cl)cc12. The summed E-state index contributed by atoms with van der Waals surface area (Å²) < 4.78 is 1.59. The molecule has 0 saturated carbocycles. The molecule has 0 radical (unpaired) electrons. The number of fused-ring (bicyclic) bond motifs is 1. The number of hydrogen-bond acceptors (Lipinski definition) is 6. The maximum absolute atomic E-state index is 12.7. The number of anilines is 1. The third-order valence-corrected chi connectivity index (χ3v) is 5.30. The summed E-state index contributed by atoms with van der Waals surface area (Å²) in [6.45, 7) is 0. The maximum Gasteiger partial charge on any atom is 0.205 e. The summed E-state index contributed by atoms with van der Waals surface area (Å²) in [7, 11) is 0. The first-order valence-corrected chi connectivity index (χ1v) is 9.92. The molecule has 0 amide bonds. The van der Waals surface area contributed by atoms with Crippen molar-refractivity contribution in [2.24, 2.45) is 5.10 Å².